The van der Waals surface area contributed by atoms with Crippen LogP contribution in [0.5, 0.6) is 0 Å². The number of benzene rings is 1. The number of anilines is 3. The number of hydrogen-bond donors (Lipinski definition) is 1. The SMILES string of the molecule is Cc1cc(Nc2ccc(C)c(Cl)c2)nc(N2CCN(C=O)CC2)n1. The molecule has 0 radical (unpaired) electrons. The Morgan fingerprint density at radius 2 is 1.88 bits per heavy atom. The molecule has 1 aromatic heterocycles. The molecule has 1 saturated heterocycles. The lowest BCUT2D eigenvalue weighted by molar-refractivity contribution is -0.118. The van der Waals surface area contributed by atoms with Gasteiger partial charge in [-0.3, -0.25) is 4.79 Å². The van der Waals surface area contributed by atoms with Crippen LogP contribution in [0.1, 0.15) is 11.3 Å². The Balaban J connectivity index is 1.78. The Labute approximate surface area is 146 Å². The van der Waals surface area contributed by atoms with E-state index in [1.165, 1.54) is 0 Å². The zero-order valence-electron chi connectivity index (χ0n) is 13.8. The molecule has 0 unspecified atom stereocenters. The van der Waals surface area contributed by atoms with Crippen molar-refractivity contribution in [3.8, 4) is 0 Å². The molecular formula is C17H20ClN5O. The molecule has 0 aliphatic carbocycles. The summed E-state index contributed by atoms with van der Waals surface area (Å²) in [5, 5.41) is 4.00. The first-order valence-electron chi connectivity index (χ1n) is 7.88. The van der Waals surface area contributed by atoms with Gasteiger partial charge < -0.3 is 15.1 Å². The van der Waals surface area contributed by atoms with Crippen LogP contribution in [0.4, 0.5) is 17.5 Å². The Bertz CT molecular complexity index is 744. The van der Waals surface area contributed by atoms with E-state index in [4.69, 9.17) is 11.6 Å². The number of aromatic nitrogens is 2. The van der Waals surface area contributed by atoms with Crippen molar-refractivity contribution in [2.45, 2.75) is 13.8 Å². The van der Waals surface area contributed by atoms with Gasteiger partial charge in [-0.25, -0.2) is 4.98 Å². The van der Waals surface area contributed by atoms with E-state index in [0.29, 0.717) is 19.0 Å². The molecule has 0 bridgehead atoms. The molecular weight excluding hydrogens is 326 g/mol. The van der Waals surface area contributed by atoms with E-state index in [2.05, 4.69) is 20.2 Å². The predicted octanol–water partition coefficient (Wildman–Crippen LogP) is 2.77. The molecule has 2 heterocycles. The van der Waals surface area contributed by atoms with Gasteiger partial charge in [-0.2, -0.15) is 4.98 Å². The molecule has 1 aromatic carbocycles. The summed E-state index contributed by atoms with van der Waals surface area (Å²) in [6.45, 7) is 6.77. The lowest BCUT2D eigenvalue weighted by atomic mass is 10.2. The molecule has 1 N–H and O–H groups in total. The highest BCUT2D eigenvalue weighted by atomic mass is 35.5. The van der Waals surface area contributed by atoms with Crippen LogP contribution < -0.4 is 10.2 Å². The number of carbonyl (C=O) groups excluding carboxylic acids is 1. The van der Waals surface area contributed by atoms with Crippen molar-refractivity contribution < 1.29 is 4.79 Å². The van der Waals surface area contributed by atoms with Crippen molar-refractivity contribution >= 4 is 35.5 Å². The fraction of sp³-hybridized carbons (Fsp3) is 0.353. The van der Waals surface area contributed by atoms with Crippen LogP contribution >= 0.6 is 11.6 Å². The van der Waals surface area contributed by atoms with Gasteiger partial charge in [0.2, 0.25) is 12.4 Å². The van der Waals surface area contributed by atoms with Crippen LogP contribution in [0.15, 0.2) is 24.3 Å². The smallest absolute Gasteiger partial charge is 0.227 e. The maximum absolute atomic E-state index is 10.8. The van der Waals surface area contributed by atoms with Gasteiger partial charge in [0, 0.05) is 48.6 Å². The van der Waals surface area contributed by atoms with Gasteiger partial charge >= 0.3 is 0 Å². The normalized spacial score (nSPS) is 14.6. The number of aryl methyl sites for hydroxylation is 2. The molecule has 3 rings (SSSR count). The van der Waals surface area contributed by atoms with Crippen molar-refractivity contribution in [1.29, 1.82) is 0 Å². The highest BCUT2D eigenvalue weighted by molar-refractivity contribution is 6.31. The number of rotatable bonds is 4. The zero-order chi connectivity index (χ0) is 17.1. The lowest BCUT2D eigenvalue weighted by Gasteiger charge is -2.32. The Kier molecular flexibility index (Phi) is 4.85. The van der Waals surface area contributed by atoms with E-state index in [1.807, 2.05) is 38.1 Å². The molecule has 0 saturated carbocycles. The highest BCUT2D eigenvalue weighted by Crippen LogP contribution is 2.24. The van der Waals surface area contributed by atoms with E-state index >= 15 is 0 Å². The van der Waals surface area contributed by atoms with Crippen LogP contribution in [0.25, 0.3) is 0 Å². The molecule has 2 aromatic rings. The third-order valence-corrected chi connectivity index (χ3v) is 4.44. The Morgan fingerprint density at radius 3 is 2.54 bits per heavy atom. The van der Waals surface area contributed by atoms with Crippen LogP contribution in [0.2, 0.25) is 5.02 Å². The van der Waals surface area contributed by atoms with Gasteiger partial charge in [0.25, 0.3) is 0 Å². The predicted molar refractivity (Wildman–Crippen MR) is 96.1 cm³/mol. The molecule has 126 valence electrons. The summed E-state index contributed by atoms with van der Waals surface area (Å²) in [4.78, 5) is 23.8. The van der Waals surface area contributed by atoms with Crippen molar-refractivity contribution in [2.75, 3.05) is 36.4 Å². The molecule has 0 atom stereocenters. The van der Waals surface area contributed by atoms with Gasteiger partial charge in [0.15, 0.2) is 0 Å². The largest absolute Gasteiger partial charge is 0.342 e. The van der Waals surface area contributed by atoms with Crippen molar-refractivity contribution in [3.63, 3.8) is 0 Å². The number of nitrogens with zero attached hydrogens (tertiary/aromatic N) is 4. The second kappa shape index (κ2) is 7.05. The fourth-order valence-electron chi connectivity index (χ4n) is 2.60. The van der Waals surface area contributed by atoms with E-state index in [1.54, 1.807) is 4.90 Å². The maximum atomic E-state index is 10.8. The first kappa shape index (κ1) is 16.5. The van der Waals surface area contributed by atoms with E-state index in [-0.39, 0.29) is 0 Å². The lowest BCUT2D eigenvalue weighted by Crippen LogP contribution is -2.46. The number of halogens is 1. The first-order chi connectivity index (χ1) is 11.5. The summed E-state index contributed by atoms with van der Waals surface area (Å²) in [5.74, 6) is 1.41. The van der Waals surface area contributed by atoms with E-state index in [9.17, 15) is 4.79 Å². The number of carbonyl (C=O) groups is 1. The Hall–Kier alpha value is -2.34. The number of piperazine rings is 1. The number of hydrogen-bond acceptors (Lipinski definition) is 5. The summed E-state index contributed by atoms with van der Waals surface area (Å²) in [6.07, 6.45) is 0.891. The minimum atomic E-state index is 0.682. The molecule has 6 nitrogen and oxygen atoms in total. The molecule has 1 aliphatic rings. The zero-order valence-corrected chi connectivity index (χ0v) is 14.5. The summed E-state index contributed by atoms with van der Waals surface area (Å²) < 4.78 is 0. The average molecular weight is 346 g/mol. The van der Waals surface area contributed by atoms with Crippen LogP contribution in [0, 0.1) is 13.8 Å². The third-order valence-electron chi connectivity index (χ3n) is 4.03. The van der Waals surface area contributed by atoms with Gasteiger partial charge in [0.05, 0.1) is 0 Å². The van der Waals surface area contributed by atoms with Crippen molar-refractivity contribution in [1.82, 2.24) is 14.9 Å². The minimum absolute atomic E-state index is 0.682. The topological polar surface area (TPSA) is 61.4 Å². The second-order valence-electron chi connectivity index (χ2n) is 5.91. The first-order valence-corrected chi connectivity index (χ1v) is 8.26. The highest BCUT2D eigenvalue weighted by Gasteiger charge is 2.18. The second-order valence-corrected chi connectivity index (χ2v) is 6.32. The summed E-state index contributed by atoms with van der Waals surface area (Å²) in [6, 6.07) is 7.73. The standard InChI is InChI=1S/C17H20ClN5O/c1-12-3-4-14(10-15(12)18)20-16-9-13(2)19-17(21-16)23-7-5-22(11-24)6-8-23/h3-4,9-11H,5-8H2,1-2H3,(H,19,20,21). The monoisotopic (exact) mass is 345 g/mol. The Morgan fingerprint density at radius 1 is 1.12 bits per heavy atom. The molecule has 1 fully saturated rings. The number of amides is 1. The van der Waals surface area contributed by atoms with Gasteiger partial charge in [-0.1, -0.05) is 17.7 Å². The fourth-order valence-corrected chi connectivity index (χ4v) is 2.78. The molecule has 0 spiro atoms. The van der Waals surface area contributed by atoms with Crippen LogP contribution in [-0.2, 0) is 4.79 Å². The maximum Gasteiger partial charge on any atom is 0.227 e. The average Bonchev–Trinajstić information content (AvgIpc) is 2.58. The third kappa shape index (κ3) is 3.76. The van der Waals surface area contributed by atoms with E-state index < -0.39 is 0 Å². The number of nitrogens with one attached hydrogen (secondary N) is 1. The van der Waals surface area contributed by atoms with E-state index in [0.717, 1.165) is 47.3 Å². The van der Waals surface area contributed by atoms with Crippen molar-refractivity contribution in [3.05, 3.63) is 40.5 Å². The molecule has 7 heteroatoms. The minimum Gasteiger partial charge on any atom is -0.342 e. The van der Waals surface area contributed by atoms with Crippen molar-refractivity contribution in [2.24, 2.45) is 0 Å². The summed E-state index contributed by atoms with van der Waals surface area (Å²) in [5.41, 5.74) is 2.81. The van der Waals surface area contributed by atoms with Gasteiger partial charge in [0.1, 0.15) is 5.82 Å². The van der Waals surface area contributed by atoms with Crippen LogP contribution in [0.3, 0.4) is 0 Å². The molecule has 24 heavy (non-hydrogen) atoms. The molecule has 1 aliphatic heterocycles. The summed E-state index contributed by atoms with van der Waals surface area (Å²) >= 11 is 6.18. The van der Waals surface area contributed by atoms with Gasteiger partial charge in [-0.15, -0.1) is 0 Å². The molecule has 1 amide bonds. The van der Waals surface area contributed by atoms with Gasteiger partial charge in [-0.05, 0) is 31.5 Å². The quantitative estimate of drug-likeness (QED) is 0.863. The van der Waals surface area contributed by atoms with Crippen LogP contribution in [-0.4, -0.2) is 47.5 Å². The summed E-state index contributed by atoms with van der Waals surface area (Å²) in [7, 11) is 0.